The van der Waals surface area contributed by atoms with Crippen molar-refractivity contribution in [2.45, 2.75) is 25.9 Å². The van der Waals surface area contributed by atoms with Crippen LogP contribution in [0.2, 0.25) is 0 Å². The highest BCUT2D eigenvalue weighted by Crippen LogP contribution is 2.28. The molecular formula is C13H20N2O3. The highest BCUT2D eigenvalue weighted by atomic mass is 16.5. The van der Waals surface area contributed by atoms with Crippen molar-refractivity contribution in [3.05, 3.63) is 23.8 Å². The van der Waals surface area contributed by atoms with E-state index in [1.54, 1.807) is 39.3 Å². The molecule has 0 radical (unpaired) electrons. The molecule has 0 bridgehead atoms. The molecule has 1 rings (SSSR count). The summed E-state index contributed by atoms with van der Waals surface area (Å²) in [5.74, 6) is 0.663. The first-order valence-electron chi connectivity index (χ1n) is 5.84. The number of hydrogen-bond donors (Lipinski definition) is 3. The zero-order chi connectivity index (χ0) is 13.7. The summed E-state index contributed by atoms with van der Waals surface area (Å²) in [6, 6.07) is 4.65. The molecule has 0 fully saturated rings. The molecule has 0 aliphatic rings. The molecule has 0 aromatic heterocycles. The van der Waals surface area contributed by atoms with E-state index >= 15 is 0 Å². The van der Waals surface area contributed by atoms with Gasteiger partial charge in [0.05, 0.1) is 13.2 Å². The maximum absolute atomic E-state index is 11.4. The van der Waals surface area contributed by atoms with E-state index in [2.05, 4.69) is 10.6 Å². The molecule has 0 heterocycles. The topological polar surface area (TPSA) is 70.6 Å². The molecule has 2 atom stereocenters. The number of amides is 1. The number of ether oxygens (including phenoxy) is 1. The Balaban J connectivity index is 2.78. The minimum absolute atomic E-state index is 0.0881. The van der Waals surface area contributed by atoms with Gasteiger partial charge < -0.3 is 15.2 Å². The average Bonchev–Trinajstić information content (AvgIpc) is 2.37. The highest BCUT2D eigenvalue weighted by Gasteiger charge is 2.17. The molecule has 0 spiro atoms. The Hall–Kier alpha value is -1.75. The number of phenols is 1. The molecule has 5 heteroatoms. The van der Waals surface area contributed by atoms with E-state index in [0.29, 0.717) is 5.75 Å². The molecular weight excluding hydrogens is 232 g/mol. The average molecular weight is 252 g/mol. The van der Waals surface area contributed by atoms with E-state index in [0.717, 1.165) is 5.56 Å². The molecule has 2 unspecified atom stereocenters. The van der Waals surface area contributed by atoms with Crippen LogP contribution in [-0.4, -0.2) is 31.2 Å². The second-order valence-corrected chi connectivity index (χ2v) is 4.15. The van der Waals surface area contributed by atoms with Crippen molar-refractivity contribution in [3.8, 4) is 11.5 Å². The first-order valence-corrected chi connectivity index (χ1v) is 5.84. The number of carbonyl (C=O) groups excluding carboxylic acids is 1. The summed E-state index contributed by atoms with van der Waals surface area (Å²) >= 11 is 0. The molecule has 0 saturated heterocycles. The smallest absolute Gasteiger partial charge is 0.236 e. The predicted molar refractivity (Wildman–Crippen MR) is 69.7 cm³/mol. The van der Waals surface area contributed by atoms with Crippen molar-refractivity contribution in [1.82, 2.24) is 10.6 Å². The Morgan fingerprint density at radius 1 is 1.39 bits per heavy atom. The zero-order valence-electron chi connectivity index (χ0n) is 11.2. The van der Waals surface area contributed by atoms with Crippen LogP contribution in [0.1, 0.15) is 25.5 Å². The Kier molecular flexibility index (Phi) is 4.97. The SMILES string of the molecule is CNC(=O)C(C)NC(C)c1ccc(OC)cc1O. The Labute approximate surface area is 107 Å². The van der Waals surface area contributed by atoms with Crippen LogP contribution in [0.15, 0.2) is 18.2 Å². The van der Waals surface area contributed by atoms with E-state index in [9.17, 15) is 9.90 Å². The number of aromatic hydroxyl groups is 1. The number of methoxy groups -OCH3 is 1. The third-order valence-electron chi connectivity index (χ3n) is 2.84. The van der Waals surface area contributed by atoms with Crippen LogP contribution in [0.25, 0.3) is 0 Å². The summed E-state index contributed by atoms with van der Waals surface area (Å²) in [6.45, 7) is 3.66. The minimum atomic E-state index is -0.327. The van der Waals surface area contributed by atoms with Crippen LogP contribution in [0, 0.1) is 0 Å². The predicted octanol–water partition coefficient (Wildman–Crippen LogP) is 1.19. The second kappa shape index (κ2) is 6.26. The zero-order valence-corrected chi connectivity index (χ0v) is 11.2. The number of carbonyl (C=O) groups is 1. The van der Waals surface area contributed by atoms with Crippen molar-refractivity contribution < 1.29 is 14.6 Å². The molecule has 0 saturated carbocycles. The van der Waals surface area contributed by atoms with Crippen LogP contribution in [0.4, 0.5) is 0 Å². The Bertz CT molecular complexity index is 421. The third kappa shape index (κ3) is 3.37. The van der Waals surface area contributed by atoms with Crippen molar-refractivity contribution in [2.24, 2.45) is 0 Å². The Morgan fingerprint density at radius 3 is 2.56 bits per heavy atom. The van der Waals surface area contributed by atoms with E-state index in [-0.39, 0.29) is 23.7 Å². The van der Waals surface area contributed by atoms with Crippen LogP contribution in [0.5, 0.6) is 11.5 Å². The first-order chi connectivity index (χ1) is 8.49. The molecule has 1 amide bonds. The standard InChI is InChI=1S/C13H20N2O3/c1-8(15-9(2)13(17)14-3)11-6-5-10(18-4)7-12(11)16/h5-9,15-16H,1-4H3,(H,14,17). The number of benzene rings is 1. The van der Waals surface area contributed by atoms with Gasteiger partial charge >= 0.3 is 0 Å². The van der Waals surface area contributed by atoms with Gasteiger partial charge in [-0.3, -0.25) is 10.1 Å². The summed E-state index contributed by atoms with van der Waals surface area (Å²) < 4.78 is 5.02. The van der Waals surface area contributed by atoms with E-state index in [1.165, 1.54) is 0 Å². The maximum Gasteiger partial charge on any atom is 0.236 e. The van der Waals surface area contributed by atoms with Gasteiger partial charge in [-0.05, 0) is 19.9 Å². The highest BCUT2D eigenvalue weighted by molar-refractivity contribution is 5.81. The largest absolute Gasteiger partial charge is 0.507 e. The van der Waals surface area contributed by atoms with Crippen LogP contribution in [-0.2, 0) is 4.79 Å². The molecule has 100 valence electrons. The fourth-order valence-corrected chi connectivity index (χ4v) is 1.77. The lowest BCUT2D eigenvalue weighted by Crippen LogP contribution is -2.41. The van der Waals surface area contributed by atoms with Gasteiger partial charge in [0, 0.05) is 24.7 Å². The van der Waals surface area contributed by atoms with E-state index in [4.69, 9.17) is 4.74 Å². The van der Waals surface area contributed by atoms with Gasteiger partial charge in [-0.2, -0.15) is 0 Å². The van der Waals surface area contributed by atoms with Crippen molar-refractivity contribution in [1.29, 1.82) is 0 Å². The Morgan fingerprint density at radius 2 is 2.06 bits per heavy atom. The van der Waals surface area contributed by atoms with Gasteiger partial charge in [0.15, 0.2) is 0 Å². The molecule has 0 aliphatic heterocycles. The molecule has 1 aromatic carbocycles. The maximum atomic E-state index is 11.4. The fourth-order valence-electron chi connectivity index (χ4n) is 1.77. The normalized spacial score (nSPS) is 13.8. The van der Waals surface area contributed by atoms with E-state index in [1.807, 2.05) is 6.92 Å². The summed E-state index contributed by atoms with van der Waals surface area (Å²) in [5, 5.41) is 15.6. The number of rotatable bonds is 5. The van der Waals surface area contributed by atoms with Crippen LogP contribution >= 0.6 is 0 Å². The molecule has 1 aromatic rings. The van der Waals surface area contributed by atoms with Crippen molar-refractivity contribution >= 4 is 5.91 Å². The van der Waals surface area contributed by atoms with Gasteiger partial charge in [-0.25, -0.2) is 0 Å². The van der Waals surface area contributed by atoms with Crippen molar-refractivity contribution in [2.75, 3.05) is 14.2 Å². The van der Waals surface area contributed by atoms with Crippen LogP contribution < -0.4 is 15.4 Å². The van der Waals surface area contributed by atoms with Gasteiger partial charge in [-0.1, -0.05) is 6.07 Å². The number of nitrogens with one attached hydrogen (secondary N) is 2. The van der Waals surface area contributed by atoms with Gasteiger partial charge in [0.2, 0.25) is 5.91 Å². The fraction of sp³-hybridized carbons (Fsp3) is 0.462. The number of likely N-dealkylation sites (N-methyl/N-ethyl adjacent to an activating group) is 1. The molecule has 3 N–H and O–H groups in total. The van der Waals surface area contributed by atoms with Gasteiger partial charge in [0.25, 0.3) is 0 Å². The first kappa shape index (κ1) is 14.3. The molecule has 0 aliphatic carbocycles. The quantitative estimate of drug-likeness (QED) is 0.736. The third-order valence-corrected chi connectivity index (χ3v) is 2.84. The van der Waals surface area contributed by atoms with Crippen LogP contribution in [0.3, 0.4) is 0 Å². The second-order valence-electron chi connectivity index (χ2n) is 4.15. The number of phenolic OH excluding ortho intramolecular Hbond substituents is 1. The van der Waals surface area contributed by atoms with E-state index < -0.39 is 0 Å². The lowest BCUT2D eigenvalue weighted by atomic mass is 10.1. The monoisotopic (exact) mass is 252 g/mol. The molecule has 5 nitrogen and oxygen atoms in total. The lowest BCUT2D eigenvalue weighted by molar-refractivity contribution is -0.122. The van der Waals surface area contributed by atoms with Gasteiger partial charge in [-0.15, -0.1) is 0 Å². The summed E-state index contributed by atoms with van der Waals surface area (Å²) in [5.41, 5.74) is 0.728. The van der Waals surface area contributed by atoms with Crippen molar-refractivity contribution in [3.63, 3.8) is 0 Å². The lowest BCUT2D eigenvalue weighted by Gasteiger charge is -2.20. The minimum Gasteiger partial charge on any atom is -0.507 e. The number of hydrogen-bond acceptors (Lipinski definition) is 4. The summed E-state index contributed by atoms with van der Waals surface area (Å²) in [7, 11) is 3.14. The summed E-state index contributed by atoms with van der Waals surface area (Å²) in [6.07, 6.45) is 0. The van der Waals surface area contributed by atoms with Gasteiger partial charge in [0.1, 0.15) is 11.5 Å². The summed E-state index contributed by atoms with van der Waals surface area (Å²) in [4.78, 5) is 11.4. The molecule has 18 heavy (non-hydrogen) atoms.